The lowest BCUT2D eigenvalue weighted by molar-refractivity contribution is 0.280. The predicted octanol–water partition coefficient (Wildman–Crippen LogP) is 5.24. The Balaban J connectivity index is 0.00000288. The minimum atomic E-state index is 0. The lowest BCUT2D eigenvalue weighted by atomic mass is 10.1. The number of hydrogen-bond donors (Lipinski definition) is 1. The third-order valence-electron chi connectivity index (χ3n) is 3.57. The number of nitrogens with one attached hydrogen (secondary N) is 1. The zero-order chi connectivity index (χ0) is 16.5. The lowest BCUT2D eigenvalue weighted by Crippen LogP contribution is -2.15. The number of ether oxygens (including phenoxy) is 2. The number of hydrogen-bond acceptors (Lipinski definition) is 3. The molecule has 24 heavy (non-hydrogen) atoms. The van der Waals surface area contributed by atoms with Crippen LogP contribution in [0.4, 0.5) is 0 Å². The van der Waals surface area contributed by atoms with Crippen molar-refractivity contribution < 1.29 is 9.47 Å². The normalized spacial score (nSPS) is 10.1. The average Bonchev–Trinajstić information content (AvgIpc) is 2.58. The smallest absolute Gasteiger partial charge is 0.166 e. The van der Waals surface area contributed by atoms with Crippen molar-refractivity contribution in [3.05, 3.63) is 58.6 Å². The van der Waals surface area contributed by atoms with Gasteiger partial charge < -0.3 is 14.8 Å². The van der Waals surface area contributed by atoms with E-state index in [1.165, 1.54) is 6.42 Å². The molecule has 132 valence electrons. The molecule has 0 saturated carbocycles. The molecule has 2 aromatic carbocycles. The summed E-state index contributed by atoms with van der Waals surface area (Å²) in [7, 11) is 1.63. The van der Waals surface area contributed by atoms with Gasteiger partial charge in [0.1, 0.15) is 6.61 Å². The molecule has 0 spiro atoms. The Hall–Kier alpha value is -1.42. The van der Waals surface area contributed by atoms with Crippen molar-refractivity contribution in [2.75, 3.05) is 13.7 Å². The highest BCUT2D eigenvalue weighted by atomic mass is 35.5. The van der Waals surface area contributed by atoms with E-state index in [-0.39, 0.29) is 12.4 Å². The molecule has 0 saturated heterocycles. The van der Waals surface area contributed by atoms with E-state index in [0.29, 0.717) is 23.9 Å². The maximum atomic E-state index is 6.19. The van der Waals surface area contributed by atoms with Crippen molar-refractivity contribution in [3.8, 4) is 11.5 Å². The molecule has 0 aliphatic rings. The number of methoxy groups -OCH3 is 1. The van der Waals surface area contributed by atoms with Crippen molar-refractivity contribution >= 4 is 24.0 Å². The fourth-order valence-electron chi connectivity index (χ4n) is 2.32. The molecule has 0 amide bonds. The Morgan fingerprint density at radius 3 is 2.54 bits per heavy atom. The largest absolute Gasteiger partial charge is 0.493 e. The van der Waals surface area contributed by atoms with Crippen molar-refractivity contribution in [2.24, 2.45) is 0 Å². The van der Waals surface area contributed by atoms with Crippen LogP contribution in [0.5, 0.6) is 11.5 Å². The first-order chi connectivity index (χ1) is 11.2. The van der Waals surface area contributed by atoms with Gasteiger partial charge in [-0.15, -0.1) is 12.4 Å². The molecular weight excluding hydrogens is 345 g/mol. The number of halogens is 2. The van der Waals surface area contributed by atoms with Crippen molar-refractivity contribution in [3.63, 3.8) is 0 Å². The number of benzene rings is 2. The summed E-state index contributed by atoms with van der Waals surface area (Å²) < 4.78 is 11.5. The van der Waals surface area contributed by atoms with Gasteiger partial charge >= 0.3 is 0 Å². The van der Waals surface area contributed by atoms with Crippen LogP contribution in [0.2, 0.25) is 5.02 Å². The molecule has 0 aliphatic heterocycles. The topological polar surface area (TPSA) is 30.5 Å². The van der Waals surface area contributed by atoms with Gasteiger partial charge in [0.05, 0.1) is 7.11 Å². The quantitative estimate of drug-likeness (QED) is 0.613. The SMILES string of the molecule is CCCCNCc1cc(Cl)cc(OC)c1OCc1ccccc1.Cl. The van der Waals surface area contributed by atoms with E-state index in [9.17, 15) is 0 Å². The lowest BCUT2D eigenvalue weighted by Gasteiger charge is -2.16. The van der Waals surface area contributed by atoms with E-state index in [0.717, 1.165) is 29.8 Å². The standard InChI is InChI=1S/C19H24ClNO2.ClH/c1-3-4-10-21-13-16-11-17(20)12-18(22-2)19(16)23-14-15-8-6-5-7-9-15;/h5-9,11-12,21H,3-4,10,13-14H2,1-2H3;1H. The summed E-state index contributed by atoms with van der Waals surface area (Å²) in [5.74, 6) is 1.42. The van der Waals surface area contributed by atoms with Crippen molar-refractivity contribution in [1.29, 1.82) is 0 Å². The van der Waals surface area contributed by atoms with Gasteiger partial charge in [0.2, 0.25) is 0 Å². The van der Waals surface area contributed by atoms with Crippen LogP contribution in [-0.4, -0.2) is 13.7 Å². The van der Waals surface area contributed by atoms with Gasteiger partial charge in [-0.05, 0) is 24.6 Å². The molecule has 1 N–H and O–H groups in total. The van der Waals surface area contributed by atoms with Crippen LogP contribution in [0.1, 0.15) is 30.9 Å². The van der Waals surface area contributed by atoms with Crippen LogP contribution in [-0.2, 0) is 13.2 Å². The van der Waals surface area contributed by atoms with Gasteiger partial charge in [0, 0.05) is 23.2 Å². The minimum Gasteiger partial charge on any atom is -0.493 e. The summed E-state index contributed by atoms with van der Waals surface area (Å²) in [6, 6.07) is 13.8. The Morgan fingerprint density at radius 2 is 1.88 bits per heavy atom. The van der Waals surface area contributed by atoms with Gasteiger partial charge in [0.25, 0.3) is 0 Å². The molecule has 3 nitrogen and oxygen atoms in total. The van der Waals surface area contributed by atoms with Crippen LogP contribution >= 0.6 is 24.0 Å². The van der Waals surface area contributed by atoms with Crippen LogP contribution in [0.15, 0.2) is 42.5 Å². The third-order valence-corrected chi connectivity index (χ3v) is 3.78. The first-order valence-corrected chi connectivity index (χ1v) is 8.36. The molecule has 0 bridgehead atoms. The zero-order valence-corrected chi connectivity index (χ0v) is 15.8. The van der Waals surface area contributed by atoms with Crippen LogP contribution in [0, 0.1) is 0 Å². The highest BCUT2D eigenvalue weighted by Gasteiger charge is 2.13. The van der Waals surface area contributed by atoms with Gasteiger partial charge in [-0.3, -0.25) is 0 Å². The second-order valence-corrected chi connectivity index (χ2v) is 5.84. The van der Waals surface area contributed by atoms with Crippen LogP contribution < -0.4 is 14.8 Å². The highest BCUT2D eigenvalue weighted by Crippen LogP contribution is 2.35. The Kier molecular flexibility index (Phi) is 9.62. The van der Waals surface area contributed by atoms with E-state index < -0.39 is 0 Å². The molecule has 0 atom stereocenters. The van der Waals surface area contributed by atoms with Gasteiger partial charge in [0.15, 0.2) is 11.5 Å². The van der Waals surface area contributed by atoms with Gasteiger partial charge in [-0.2, -0.15) is 0 Å². The van der Waals surface area contributed by atoms with Gasteiger partial charge in [-0.1, -0.05) is 55.3 Å². The first kappa shape index (κ1) is 20.6. The summed E-state index contributed by atoms with van der Waals surface area (Å²) in [5.41, 5.74) is 2.13. The van der Waals surface area contributed by atoms with Crippen LogP contribution in [0.25, 0.3) is 0 Å². The summed E-state index contributed by atoms with van der Waals surface area (Å²) in [6.45, 7) is 4.36. The molecule has 0 aliphatic carbocycles. The second kappa shape index (κ2) is 11.2. The Morgan fingerprint density at radius 1 is 1.12 bits per heavy atom. The van der Waals surface area contributed by atoms with E-state index in [1.54, 1.807) is 13.2 Å². The molecule has 0 fully saturated rings. The molecule has 2 aromatic rings. The van der Waals surface area contributed by atoms with Crippen molar-refractivity contribution in [2.45, 2.75) is 32.9 Å². The highest BCUT2D eigenvalue weighted by molar-refractivity contribution is 6.30. The molecule has 0 radical (unpaired) electrons. The van der Waals surface area contributed by atoms with E-state index in [2.05, 4.69) is 12.2 Å². The summed E-state index contributed by atoms with van der Waals surface area (Å²) in [5, 5.41) is 4.08. The molecule has 5 heteroatoms. The molecule has 0 unspecified atom stereocenters. The Bertz CT molecular complexity index is 606. The predicted molar refractivity (Wildman–Crippen MR) is 103 cm³/mol. The molecule has 0 aromatic heterocycles. The maximum absolute atomic E-state index is 6.19. The summed E-state index contributed by atoms with van der Waals surface area (Å²) in [4.78, 5) is 0. The average molecular weight is 370 g/mol. The van der Waals surface area contributed by atoms with E-state index in [4.69, 9.17) is 21.1 Å². The first-order valence-electron chi connectivity index (χ1n) is 7.98. The monoisotopic (exact) mass is 369 g/mol. The van der Waals surface area contributed by atoms with E-state index in [1.807, 2.05) is 36.4 Å². The van der Waals surface area contributed by atoms with Gasteiger partial charge in [-0.25, -0.2) is 0 Å². The summed E-state index contributed by atoms with van der Waals surface area (Å²) in [6.07, 6.45) is 2.32. The molecule has 2 rings (SSSR count). The minimum absolute atomic E-state index is 0. The van der Waals surface area contributed by atoms with Crippen molar-refractivity contribution in [1.82, 2.24) is 5.32 Å². The summed E-state index contributed by atoms with van der Waals surface area (Å²) >= 11 is 6.19. The number of rotatable bonds is 9. The second-order valence-electron chi connectivity index (χ2n) is 5.40. The van der Waals surface area contributed by atoms with Crippen LogP contribution in [0.3, 0.4) is 0 Å². The van der Waals surface area contributed by atoms with E-state index >= 15 is 0 Å². The number of unbranched alkanes of at least 4 members (excludes halogenated alkanes) is 1. The zero-order valence-electron chi connectivity index (χ0n) is 14.2. The molecule has 0 heterocycles. The fourth-order valence-corrected chi connectivity index (χ4v) is 2.55. The third kappa shape index (κ3) is 6.23. The fraction of sp³-hybridized carbons (Fsp3) is 0.368. The maximum Gasteiger partial charge on any atom is 0.166 e. The molecular formula is C19H25Cl2NO2. The Labute approximate surface area is 155 Å².